The van der Waals surface area contributed by atoms with Gasteiger partial charge in [-0.1, -0.05) is 42.5 Å². The first kappa shape index (κ1) is 21.3. The first-order valence-corrected chi connectivity index (χ1v) is 11.6. The Morgan fingerprint density at radius 3 is 2.45 bits per heavy atom. The van der Waals surface area contributed by atoms with Gasteiger partial charge in [-0.15, -0.1) is 0 Å². The molecule has 1 saturated heterocycles. The van der Waals surface area contributed by atoms with Gasteiger partial charge < -0.3 is 13.8 Å². The number of nitrogens with zero attached hydrogens (tertiary/aromatic N) is 1. The molecular formula is C22H27NO5S. The number of rotatable bonds is 9. The minimum Gasteiger partial charge on any atom is -0.383 e. The van der Waals surface area contributed by atoms with E-state index in [1.165, 1.54) is 0 Å². The van der Waals surface area contributed by atoms with Crippen LogP contribution in [0.3, 0.4) is 0 Å². The van der Waals surface area contributed by atoms with E-state index in [0.29, 0.717) is 25.9 Å². The van der Waals surface area contributed by atoms with Crippen LogP contribution in [0, 0.1) is 0 Å². The minimum atomic E-state index is -3.56. The molecule has 0 saturated carbocycles. The summed E-state index contributed by atoms with van der Waals surface area (Å²) in [5.74, 6) is 0.346. The SMILES string of the molecule is CS(=O)(=O)Oc1ccc(CN(CC2CCCO2)C(=O)CCc2ccccc2)cc1. The molecule has 0 spiro atoms. The minimum absolute atomic E-state index is 0.0727. The molecule has 7 heteroatoms. The Morgan fingerprint density at radius 1 is 1.10 bits per heavy atom. The lowest BCUT2D eigenvalue weighted by atomic mass is 10.1. The molecule has 1 heterocycles. The van der Waals surface area contributed by atoms with Gasteiger partial charge in [-0.2, -0.15) is 8.42 Å². The first-order valence-electron chi connectivity index (χ1n) is 9.81. The topological polar surface area (TPSA) is 72.9 Å². The van der Waals surface area contributed by atoms with Crippen molar-refractivity contribution in [3.8, 4) is 5.75 Å². The van der Waals surface area contributed by atoms with Crippen LogP contribution in [0.5, 0.6) is 5.75 Å². The Labute approximate surface area is 172 Å². The van der Waals surface area contributed by atoms with Crippen LogP contribution in [0.4, 0.5) is 0 Å². The summed E-state index contributed by atoms with van der Waals surface area (Å²) in [6.45, 7) is 1.76. The van der Waals surface area contributed by atoms with Gasteiger partial charge in [0.15, 0.2) is 0 Å². The Hall–Kier alpha value is -2.38. The Balaban J connectivity index is 1.65. The van der Waals surface area contributed by atoms with Crippen LogP contribution < -0.4 is 4.18 Å². The van der Waals surface area contributed by atoms with E-state index >= 15 is 0 Å². The third-order valence-electron chi connectivity index (χ3n) is 4.82. The summed E-state index contributed by atoms with van der Waals surface area (Å²) >= 11 is 0. The molecule has 156 valence electrons. The number of carbonyl (C=O) groups excluding carboxylic acids is 1. The average Bonchev–Trinajstić information content (AvgIpc) is 3.20. The summed E-state index contributed by atoms with van der Waals surface area (Å²) in [6, 6.07) is 16.8. The molecular weight excluding hydrogens is 390 g/mol. The second-order valence-corrected chi connectivity index (χ2v) is 8.90. The number of hydrogen-bond acceptors (Lipinski definition) is 5. The molecule has 29 heavy (non-hydrogen) atoms. The number of hydrogen-bond donors (Lipinski definition) is 0. The van der Waals surface area contributed by atoms with Crippen LogP contribution in [0.2, 0.25) is 0 Å². The molecule has 1 fully saturated rings. The smallest absolute Gasteiger partial charge is 0.306 e. The van der Waals surface area contributed by atoms with E-state index in [1.807, 2.05) is 35.2 Å². The van der Waals surface area contributed by atoms with Crippen molar-refractivity contribution in [1.82, 2.24) is 4.90 Å². The molecule has 3 rings (SSSR count). The lowest BCUT2D eigenvalue weighted by Crippen LogP contribution is -2.37. The zero-order chi connectivity index (χ0) is 20.7. The fourth-order valence-electron chi connectivity index (χ4n) is 3.39. The van der Waals surface area contributed by atoms with Crippen molar-refractivity contribution in [2.75, 3.05) is 19.4 Å². The van der Waals surface area contributed by atoms with Crippen molar-refractivity contribution in [1.29, 1.82) is 0 Å². The Kier molecular flexibility index (Phi) is 7.28. The number of carbonyl (C=O) groups is 1. The van der Waals surface area contributed by atoms with Gasteiger partial charge in [-0.3, -0.25) is 4.79 Å². The van der Waals surface area contributed by atoms with E-state index in [0.717, 1.165) is 36.8 Å². The molecule has 2 aromatic carbocycles. The Morgan fingerprint density at radius 2 is 1.83 bits per heavy atom. The highest BCUT2D eigenvalue weighted by atomic mass is 32.2. The molecule has 1 aliphatic rings. The maximum atomic E-state index is 12.9. The zero-order valence-corrected chi connectivity index (χ0v) is 17.4. The van der Waals surface area contributed by atoms with Gasteiger partial charge in [-0.05, 0) is 42.5 Å². The monoisotopic (exact) mass is 417 g/mol. The van der Waals surface area contributed by atoms with Crippen molar-refractivity contribution in [3.05, 3.63) is 65.7 Å². The summed E-state index contributed by atoms with van der Waals surface area (Å²) in [7, 11) is -3.56. The summed E-state index contributed by atoms with van der Waals surface area (Å²) in [5, 5.41) is 0. The van der Waals surface area contributed by atoms with Crippen molar-refractivity contribution in [3.63, 3.8) is 0 Å². The lowest BCUT2D eigenvalue weighted by molar-refractivity contribution is -0.133. The molecule has 0 N–H and O–H groups in total. The van der Waals surface area contributed by atoms with Crippen LogP contribution in [0.1, 0.15) is 30.4 Å². The molecule has 1 aliphatic heterocycles. The van der Waals surface area contributed by atoms with Gasteiger partial charge in [0.1, 0.15) is 5.75 Å². The molecule has 6 nitrogen and oxygen atoms in total. The van der Waals surface area contributed by atoms with E-state index in [9.17, 15) is 13.2 Å². The predicted molar refractivity (Wildman–Crippen MR) is 111 cm³/mol. The quantitative estimate of drug-likeness (QED) is 0.586. The molecule has 0 bridgehead atoms. The zero-order valence-electron chi connectivity index (χ0n) is 16.6. The van der Waals surface area contributed by atoms with Gasteiger partial charge >= 0.3 is 10.1 Å². The third-order valence-corrected chi connectivity index (χ3v) is 5.31. The number of aryl methyl sites for hydroxylation is 1. The Bertz CT molecular complexity index is 891. The lowest BCUT2D eigenvalue weighted by Gasteiger charge is -2.26. The predicted octanol–water partition coefficient (Wildman–Crippen LogP) is 3.17. The molecule has 0 aliphatic carbocycles. The van der Waals surface area contributed by atoms with Crippen LogP contribution in [-0.2, 0) is 32.6 Å². The van der Waals surface area contributed by atoms with Crippen LogP contribution in [0.15, 0.2) is 54.6 Å². The van der Waals surface area contributed by atoms with E-state index in [1.54, 1.807) is 24.3 Å². The van der Waals surface area contributed by atoms with Crippen LogP contribution in [-0.4, -0.2) is 44.7 Å². The fourth-order valence-corrected chi connectivity index (χ4v) is 3.85. The third kappa shape index (κ3) is 7.18. The average molecular weight is 418 g/mol. The molecule has 1 atom stereocenters. The highest BCUT2D eigenvalue weighted by molar-refractivity contribution is 7.86. The van der Waals surface area contributed by atoms with Crippen molar-refractivity contribution >= 4 is 16.0 Å². The van der Waals surface area contributed by atoms with Gasteiger partial charge in [-0.25, -0.2) is 0 Å². The van der Waals surface area contributed by atoms with Gasteiger partial charge in [0.05, 0.1) is 12.4 Å². The van der Waals surface area contributed by atoms with E-state index in [-0.39, 0.29) is 17.8 Å². The second-order valence-electron chi connectivity index (χ2n) is 7.33. The number of ether oxygens (including phenoxy) is 1. The number of benzene rings is 2. The maximum absolute atomic E-state index is 12.9. The van der Waals surface area contributed by atoms with Gasteiger partial charge in [0.25, 0.3) is 0 Å². The normalized spacial score (nSPS) is 16.5. The molecule has 2 aromatic rings. The second kappa shape index (κ2) is 9.89. The van der Waals surface area contributed by atoms with E-state index in [4.69, 9.17) is 8.92 Å². The van der Waals surface area contributed by atoms with Crippen LogP contribution in [0.25, 0.3) is 0 Å². The highest BCUT2D eigenvalue weighted by Crippen LogP contribution is 2.19. The summed E-state index contributed by atoms with van der Waals surface area (Å²) in [4.78, 5) is 14.8. The first-order chi connectivity index (χ1) is 13.9. The van der Waals surface area contributed by atoms with Crippen LogP contribution >= 0.6 is 0 Å². The fraction of sp³-hybridized carbons (Fsp3) is 0.409. The van der Waals surface area contributed by atoms with Crippen molar-refractivity contribution < 1.29 is 22.1 Å². The van der Waals surface area contributed by atoms with E-state index < -0.39 is 10.1 Å². The molecule has 1 unspecified atom stereocenters. The summed E-state index contributed by atoms with van der Waals surface area (Å²) < 4.78 is 33.1. The van der Waals surface area contributed by atoms with Gasteiger partial charge in [0, 0.05) is 26.1 Å². The van der Waals surface area contributed by atoms with Crippen molar-refractivity contribution in [2.45, 2.75) is 38.3 Å². The largest absolute Gasteiger partial charge is 0.383 e. The van der Waals surface area contributed by atoms with E-state index in [2.05, 4.69) is 0 Å². The summed E-state index contributed by atoms with van der Waals surface area (Å²) in [5.41, 5.74) is 2.05. The summed E-state index contributed by atoms with van der Waals surface area (Å²) in [6.07, 6.45) is 4.20. The van der Waals surface area contributed by atoms with Crippen molar-refractivity contribution in [2.24, 2.45) is 0 Å². The highest BCUT2D eigenvalue weighted by Gasteiger charge is 2.22. The van der Waals surface area contributed by atoms with Gasteiger partial charge in [0.2, 0.25) is 5.91 Å². The maximum Gasteiger partial charge on any atom is 0.306 e. The molecule has 0 aromatic heterocycles. The number of amides is 1. The standard InChI is InChI=1S/C22H27NO5S/c1-29(25,26)28-20-12-9-19(10-13-20)16-23(17-21-8-5-15-27-21)22(24)14-11-18-6-3-2-4-7-18/h2-4,6-7,9-10,12-13,21H,5,8,11,14-17H2,1H3. The molecule has 1 amide bonds. The molecule has 0 radical (unpaired) electrons.